The highest BCUT2D eigenvalue weighted by atomic mass is 16.5. The molecule has 14 heavy (non-hydrogen) atoms. The van der Waals surface area contributed by atoms with Gasteiger partial charge in [0.25, 0.3) is 0 Å². The van der Waals surface area contributed by atoms with Crippen LogP contribution in [0.15, 0.2) is 6.07 Å². The van der Waals surface area contributed by atoms with E-state index in [0.717, 1.165) is 18.1 Å². The van der Waals surface area contributed by atoms with E-state index in [2.05, 4.69) is 5.10 Å². The van der Waals surface area contributed by atoms with Crippen LogP contribution >= 0.6 is 0 Å². The van der Waals surface area contributed by atoms with Crippen LogP contribution in [-0.4, -0.2) is 28.6 Å². The van der Waals surface area contributed by atoms with Gasteiger partial charge in [0, 0.05) is 6.07 Å². The molecule has 0 aromatic carbocycles. The smallest absolute Gasteiger partial charge is 0.212 e. The van der Waals surface area contributed by atoms with E-state index in [4.69, 9.17) is 9.47 Å². The maximum absolute atomic E-state index is 5.67. The van der Waals surface area contributed by atoms with Crippen molar-refractivity contribution in [3.8, 4) is 5.88 Å². The van der Waals surface area contributed by atoms with E-state index in [9.17, 15) is 0 Å². The van der Waals surface area contributed by atoms with Crippen LogP contribution in [0.3, 0.4) is 0 Å². The van der Waals surface area contributed by atoms with Gasteiger partial charge in [-0.15, -0.1) is 0 Å². The third-order valence-electron chi connectivity index (χ3n) is 2.12. The van der Waals surface area contributed by atoms with E-state index in [-0.39, 0.29) is 12.2 Å². The summed E-state index contributed by atoms with van der Waals surface area (Å²) in [5.74, 6) is 0.853. The normalized spacial score (nSPS) is 20.7. The first kappa shape index (κ1) is 9.52. The van der Waals surface area contributed by atoms with Gasteiger partial charge in [0.2, 0.25) is 5.88 Å². The molecule has 1 aliphatic rings. The summed E-state index contributed by atoms with van der Waals surface area (Å²) in [5.41, 5.74) is 0.991. The van der Waals surface area contributed by atoms with Crippen molar-refractivity contribution in [2.75, 3.05) is 6.61 Å². The van der Waals surface area contributed by atoms with Crippen molar-refractivity contribution >= 4 is 0 Å². The predicted molar refractivity (Wildman–Crippen MR) is 52.5 cm³/mol. The van der Waals surface area contributed by atoms with E-state index < -0.39 is 0 Å². The molecule has 1 aliphatic heterocycles. The second-order valence-corrected chi connectivity index (χ2v) is 3.92. The first-order valence-corrected chi connectivity index (χ1v) is 4.98. The van der Waals surface area contributed by atoms with E-state index in [0.29, 0.717) is 6.61 Å². The lowest BCUT2D eigenvalue weighted by Gasteiger charge is -2.25. The molecule has 0 saturated heterocycles. The molecule has 0 radical (unpaired) electrons. The van der Waals surface area contributed by atoms with Gasteiger partial charge in [-0.25, -0.2) is 4.68 Å². The van der Waals surface area contributed by atoms with Gasteiger partial charge in [-0.3, -0.25) is 0 Å². The van der Waals surface area contributed by atoms with Gasteiger partial charge < -0.3 is 9.47 Å². The Hall–Kier alpha value is -1.03. The highest BCUT2D eigenvalue weighted by Gasteiger charge is 2.21. The van der Waals surface area contributed by atoms with Crippen LogP contribution in [0, 0.1) is 6.92 Å². The van der Waals surface area contributed by atoms with Gasteiger partial charge in [0.05, 0.1) is 18.3 Å². The second kappa shape index (κ2) is 3.61. The summed E-state index contributed by atoms with van der Waals surface area (Å²) >= 11 is 0. The number of hydrogen-bond acceptors (Lipinski definition) is 3. The lowest BCUT2D eigenvalue weighted by molar-refractivity contribution is -0.0436. The maximum Gasteiger partial charge on any atom is 0.212 e. The number of rotatable bonds is 2. The molecule has 0 amide bonds. The minimum absolute atomic E-state index is 0.127. The van der Waals surface area contributed by atoms with Crippen LogP contribution in [0.4, 0.5) is 0 Å². The Morgan fingerprint density at radius 1 is 1.64 bits per heavy atom. The summed E-state index contributed by atoms with van der Waals surface area (Å²) in [6, 6.07) is 1.95. The van der Waals surface area contributed by atoms with E-state index in [1.165, 1.54) is 0 Å². The first-order valence-electron chi connectivity index (χ1n) is 4.98. The van der Waals surface area contributed by atoms with Crippen LogP contribution < -0.4 is 4.74 Å². The van der Waals surface area contributed by atoms with Gasteiger partial charge in [-0.1, -0.05) is 0 Å². The summed E-state index contributed by atoms with van der Waals surface area (Å²) in [7, 11) is 0. The van der Waals surface area contributed by atoms with Gasteiger partial charge in [0.1, 0.15) is 12.7 Å². The fraction of sp³-hybridized carbons (Fsp3) is 0.700. The molecule has 0 fully saturated rings. The minimum atomic E-state index is 0.127. The van der Waals surface area contributed by atoms with Crippen LogP contribution in [-0.2, 0) is 11.3 Å². The third kappa shape index (κ3) is 1.90. The standard InChI is InChI=1S/C10H16N2O2/c1-7(2)14-9-5-12-10(13-6-9)4-8(3)11-12/h4,7,9H,5-6H2,1-3H3/t9-/m1/s1. The van der Waals surface area contributed by atoms with E-state index >= 15 is 0 Å². The molecule has 0 unspecified atom stereocenters. The topological polar surface area (TPSA) is 36.3 Å². The Labute approximate surface area is 83.8 Å². The Bertz CT molecular complexity index is 320. The van der Waals surface area contributed by atoms with Crippen LogP contribution in [0.1, 0.15) is 19.5 Å². The molecule has 0 spiro atoms. The molecular weight excluding hydrogens is 180 g/mol. The predicted octanol–water partition coefficient (Wildman–Crippen LogP) is 1.38. The van der Waals surface area contributed by atoms with Crippen molar-refractivity contribution in [2.24, 2.45) is 0 Å². The summed E-state index contributed by atoms with van der Waals surface area (Å²) in [5, 5.41) is 4.32. The highest BCUT2D eigenvalue weighted by molar-refractivity contribution is 5.16. The largest absolute Gasteiger partial charge is 0.475 e. The molecule has 1 aromatic rings. The number of hydrogen-bond donors (Lipinski definition) is 0. The van der Waals surface area contributed by atoms with Crippen molar-refractivity contribution < 1.29 is 9.47 Å². The summed E-state index contributed by atoms with van der Waals surface area (Å²) in [6.07, 6.45) is 0.364. The van der Waals surface area contributed by atoms with Gasteiger partial charge in [-0.2, -0.15) is 5.10 Å². The van der Waals surface area contributed by atoms with Crippen molar-refractivity contribution in [1.29, 1.82) is 0 Å². The van der Waals surface area contributed by atoms with Crippen LogP contribution in [0.2, 0.25) is 0 Å². The fourth-order valence-electron chi connectivity index (χ4n) is 1.66. The summed E-state index contributed by atoms with van der Waals surface area (Å²) < 4.78 is 13.1. The molecule has 0 aliphatic carbocycles. The highest BCUT2D eigenvalue weighted by Crippen LogP contribution is 2.19. The average Bonchev–Trinajstić information content (AvgIpc) is 2.42. The number of fused-ring (bicyclic) bond motifs is 1. The zero-order valence-electron chi connectivity index (χ0n) is 8.86. The second-order valence-electron chi connectivity index (χ2n) is 3.92. The monoisotopic (exact) mass is 196 g/mol. The fourth-order valence-corrected chi connectivity index (χ4v) is 1.66. The third-order valence-corrected chi connectivity index (χ3v) is 2.12. The SMILES string of the molecule is Cc1cc2n(n1)C[C@@H](OC(C)C)CO2. The van der Waals surface area contributed by atoms with Gasteiger partial charge in [-0.05, 0) is 20.8 Å². The van der Waals surface area contributed by atoms with Crippen molar-refractivity contribution in [3.63, 3.8) is 0 Å². The molecule has 0 N–H and O–H groups in total. The van der Waals surface area contributed by atoms with Crippen LogP contribution in [0.25, 0.3) is 0 Å². The summed E-state index contributed by atoms with van der Waals surface area (Å²) in [4.78, 5) is 0. The van der Waals surface area contributed by atoms with Gasteiger partial charge in [0.15, 0.2) is 0 Å². The average molecular weight is 196 g/mol. The molecule has 0 saturated carbocycles. The first-order chi connectivity index (χ1) is 6.65. The Kier molecular flexibility index (Phi) is 2.46. The lowest BCUT2D eigenvalue weighted by atomic mass is 10.3. The number of nitrogens with zero attached hydrogens (tertiary/aromatic N) is 2. The van der Waals surface area contributed by atoms with Crippen molar-refractivity contribution in [3.05, 3.63) is 11.8 Å². The Balaban J connectivity index is 2.05. The molecular formula is C10H16N2O2. The van der Waals surface area contributed by atoms with Crippen LogP contribution in [0.5, 0.6) is 5.88 Å². The van der Waals surface area contributed by atoms with Gasteiger partial charge >= 0.3 is 0 Å². The minimum Gasteiger partial charge on any atom is -0.475 e. The molecule has 1 atom stereocenters. The molecule has 4 nitrogen and oxygen atoms in total. The molecule has 0 bridgehead atoms. The van der Waals surface area contributed by atoms with E-state index in [1.54, 1.807) is 0 Å². The molecule has 1 aromatic heterocycles. The number of ether oxygens (including phenoxy) is 2. The Morgan fingerprint density at radius 3 is 3.14 bits per heavy atom. The van der Waals surface area contributed by atoms with Crippen molar-refractivity contribution in [1.82, 2.24) is 9.78 Å². The molecule has 2 rings (SSSR count). The number of aryl methyl sites for hydroxylation is 1. The maximum atomic E-state index is 5.67. The number of aromatic nitrogens is 2. The molecule has 78 valence electrons. The van der Waals surface area contributed by atoms with E-state index in [1.807, 2.05) is 31.5 Å². The zero-order chi connectivity index (χ0) is 10.1. The van der Waals surface area contributed by atoms with Crippen molar-refractivity contribution in [2.45, 2.75) is 39.5 Å². The summed E-state index contributed by atoms with van der Waals surface area (Å²) in [6.45, 7) is 7.45. The molecule has 2 heterocycles. The zero-order valence-corrected chi connectivity index (χ0v) is 8.86. The quantitative estimate of drug-likeness (QED) is 0.717. The Morgan fingerprint density at radius 2 is 2.43 bits per heavy atom. The molecule has 4 heteroatoms. The lowest BCUT2D eigenvalue weighted by Crippen LogP contribution is -2.34.